The van der Waals surface area contributed by atoms with Crippen LogP contribution < -0.4 is 9.80 Å². The Balaban J connectivity index is 1.44. The van der Waals surface area contributed by atoms with E-state index in [4.69, 9.17) is 4.98 Å². The lowest BCUT2D eigenvalue weighted by atomic mass is 10.1. The Kier molecular flexibility index (Phi) is 4.73. The van der Waals surface area contributed by atoms with Crippen LogP contribution in [0.4, 0.5) is 11.5 Å². The number of carbonyl (C=O) groups excluding carboxylic acids is 1. The third-order valence-electron chi connectivity index (χ3n) is 5.99. The Morgan fingerprint density at radius 2 is 1.87 bits per heavy atom. The molecule has 1 saturated heterocycles. The smallest absolute Gasteiger partial charge is 0.260 e. The zero-order chi connectivity index (χ0) is 20.7. The second-order valence-electron chi connectivity index (χ2n) is 8.32. The number of pyridine rings is 1. The summed E-state index contributed by atoms with van der Waals surface area (Å²) in [6.45, 7) is 6.84. The summed E-state index contributed by atoms with van der Waals surface area (Å²) < 4.78 is 1.98. The molecule has 0 N–H and O–H groups in total. The van der Waals surface area contributed by atoms with Crippen molar-refractivity contribution in [2.75, 3.05) is 22.9 Å². The monoisotopic (exact) mass is 402 g/mol. The Hall–Kier alpha value is -3.22. The average Bonchev–Trinajstić information content (AvgIpc) is 3.40. The first-order valence-electron chi connectivity index (χ1n) is 10.7. The maximum absolute atomic E-state index is 13.2. The van der Waals surface area contributed by atoms with Crippen molar-refractivity contribution in [3.63, 3.8) is 0 Å². The van der Waals surface area contributed by atoms with Crippen molar-refractivity contribution in [3.8, 4) is 11.5 Å². The van der Waals surface area contributed by atoms with Crippen molar-refractivity contribution in [1.29, 1.82) is 0 Å². The molecule has 0 unspecified atom stereocenters. The number of hydrogen-bond acceptors (Lipinski definition) is 5. The van der Waals surface area contributed by atoms with E-state index < -0.39 is 0 Å². The molecule has 4 heterocycles. The molecule has 7 heteroatoms. The Morgan fingerprint density at radius 3 is 2.67 bits per heavy atom. The summed E-state index contributed by atoms with van der Waals surface area (Å²) in [5.74, 6) is 1.37. The first kappa shape index (κ1) is 18.8. The second-order valence-corrected chi connectivity index (χ2v) is 8.32. The molecule has 1 aromatic carbocycles. The first-order chi connectivity index (χ1) is 14.6. The van der Waals surface area contributed by atoms with Gasteiger partial charge in [-0.25, -0.2) is 4.98 Å². The van der Waals surface area contributed by atoms with E-state index >= 15 is 0 Å². The van der Waals surface area contributed by atoms with Crippen molar-refractivity contribution in [2.24, 2.45) is 0 Å². The summed E-state index contributed by atoms with van der Waals surface area (Å²) in [5.41, 5.74) is 3.71. The molecule has 5 rings (SSSR count). The fraction of sp³-hybridized carbons (Fsp3) is 0.391. The molecular weight excluding hydrogens is 376 g/mol. The van der Waals surface area contributed by atoms with Gasteiger partial charge in [0.15, 0.2) is 5.82 Å². The minimum atomic E-state index is 0.0128. The van der Waals surface area contributed by atoms with Crippen molar-refractivity contribution in [3.05, 3.63) is 53.9 Å². The van der Waals surface area contributed by atoms with Gasteiger partial charge in [-0.15, -0.1) is 10.2 Å². The van der Waals surface area contributed by atoms with Crippen LogP contribution in [0, 0.1) is 0 Å². The summed E-state index contributed by atoms with van der Waals surface area (Å²) >= 11 is 0. The molecule has 2 aliphatic rings. The van der Waals surface area contributed by atoms with Gasteiger partial charge < -0.3 is 9.47 Å². The van der Waals surface area contributed by atoms with Crippen LogP contribution >= 0.6 is 0 Å². The highest BCUT2D eigenvalue weighted by atomic mass is 16.2. The largest absolute Gasteiger partial charge is 0.372 e. The molecule has 1 amide bonds. The number of benzene rings is 1. The first-order valence-corrected chi connectivity index (χ1v) is 10.7. The van der Waals surface area contributed by atoms with Crippen LogP contribution in [0.15, 0.2) is 42.7 Å². The Bertz CT molecular complexity index is 1080. The van der Waals surface area contributed by atoms with Crippen LogP contribution in [0.3, 0.4) is 0 Å². The van der Waals surface area contributed by atoms with E-state index in [1.165, 1.54) is 19.3 Å². The molecule has 3 aromatic rings. The molecule has 1 fully saturated rings. The topological polar surface area (TPSA) is 67.2 Å². The number of nitrogens with zero attached hydrogens (tertiary/aromatic N) is 6. The minimum Gasteiger partial charge on any atom is -0.372 e. The standard InChI is InChI=1S/C23H26N6O/c1-16(2)29-15-24-26-22(29)20-7-6-8-21(25-20)28-14-17-9-10-18(13-19(17)23(28)30)27-11-4-3-5-12-27/h6-10,13,15-16H,3-5,11-12,14H2,1-2H3. The van der Waals surface area contributed by atoms with Crippen molar-refractivity contribution >= 4 is 17.4 Å². The summed E-state index contributed by atoms with van der Waals surface area (Å²) in [7, 11) is 0. The molecule has 0 radical (unpaired) electrons. The molecular formula is C23H26N6O. The highest BCUT2D eigenvalue weighted by molar-refractivity contribution is 6.10. The summed E-state index contributed by atoms with van der Waals surface area (Å²) in [6.07, 6.45) is 5.44. The van der Waals surface area contributed by atoms with Gasteiger partial charge in [0.2, 0.25) is 0 Å². The van der Waals surface area contributed by atoms with E-state index in [1.807, 2.05) is 22.8 Å². The Labute approximate surface area is 176 Å². The van der Waals surface area contributed by atoms with Crippen LogP contribution in [0.2, 0.25) is 0 Å². The summed E-state index contributed by atoms with van der Waals surface area (Å²) in [4.78, 5) is 22.1. The van der Waals surface area contributed by atoms with Crippen molar-refractivity contribution < 1.29 is 4.79 Å². The molecule has 2 aromatic heterocycles. The molecule has 0 aliphatic carbocycles. The normalized spacial score (nSPS) is 16.4. The number of aromatic nitrogens is 4. The number of carbonyl (C=O) groups is 1. The fourth-order valence-corrected chi connectivity index (χ4v) is 4.32. The second kappa shape index (κ2) is 7.55. The van der Waals surface area contributed by atoms with Crippen LogP contribution in [0.5, 0.6) is 0 Å². The van der Waals surface area contributed by atoms with Gasteiger partial charge >= 0.3 is 0 Å². The van der Waals surface area contributed by atoms with Crippen LogP contribution in [-0.4, -0.2) is 38.7 Å². The maximum atomic E-state index is 13.2. The van der Waals surface area contributed by atoms with E-state index in [0.29, 0.717) is 18.2 Å². The number of piperidine rings is 1. The van der Waals surface area contributed by atoms with Gasteiger partial charge in [0.05, 0.1) is 6.54 Å². The van der Waals surface area contributed by atoms with Crippen LogP contribution in [0.1, 0.15) is 55.1 Å². The summed E-state index contributed by atoms with van der Waals surface area (Å²) in [5, 5.41) is 8.27. The zero-order valence-electron chi connectivity index (χ0n) is 17.5. The van der Waals surface area contributed by atoms with E-state index in [-0.39, 0.29) is 11.9 Å². The van der Waals surface area contributed by atoms with Crippen LogP contribution in [0.25, 0.3) is 11.5 Å². The van der Waals surface area contributed by atoms with Gasteiger partial charge in [-0.1, -0.05) is 12.1 Å². The van der Waals surface area contributed by atoms with Gasteiger partial charge in [0.25, 0.3) is 5.91 Å². The average molecular weight is 403 g/mol. The van der Waals surface area contributed by atoms with Gasteiger partial charge in [0.1, 0.15) is 17.8 Å². The molecule has 0 atom stereocenters. The lowest BCUT2D eigenvalue weighted by molar-refractivity contribution is 0.0996. The highest BCUT2D eigenvalue weighted by Crippen LogP contribution is 2.32. The number of anilines is 2. The molecule has 154 valence electrons. The SMILES string of the molecule is CC(C)n1cnnc1-c1cccc(N2Cc3ccc(N4CCCCC4)cc3C2=O)n1. The van der Waals surface area contributed by atoms with Crippen molar-refractivity contribution in [1.82, 2.24) is 19.7 Å². The molecule has 7 nitrogen and oxygen atoms in total. The van der Waals surface area contributed by atoms with Gasteiger partial charge in [-0.05, 0) is 62.9 Å². The minimum absolute atomic E-state index is 0.0128. The Morgan fingerprint density at radius 1 is 1.03 bits per heavy atom. The van der Waals surface area contributed by atoms with Gasteiger partial charge in [-0.3, -0.25) is 9.69 Å². The molecule has 30 heavy (non-hydrogen) atoms. The van der Waals surface area contributed by atoms with Crippen LogP contribution in [-0.2, 0) is 6.54 Å². The number of amides is 1. The number of rotatable bonds is 4. The lowest BCUT2D eigenvalue weighted by Gasteiger charge is -2.29. The van der Waals surface area contributed by atoms with E-state index in [1.54, 1.807) is 11.2 Å². The molecule has 0 spiro atoms. The van der Waals surface area contributed by atoms with E-state index in [0.717, 1.165) is 35.6 Å². The molecule has 2 aliphatic heterocycles. The number of hydrogen-bond donors (Lipinski definition) is 0. The highest BCUT2D eigenvalue weighted by Gasteiger charge is 2.30. The zero-order valence-corrected chi connectivity index (χ0v) is 17.5. The summed E-state index contributed by atoms with van der Waals surface area (Å²) in [6, 6.07) is 12.2. The predicted octanol–water partition coefficient (Wildman–Crippen LogP) is 4.07. The fourth-order valence-electron chi connectivity index (χ4n) is 4.32. The quantitative estimate of drug-likeness (QED) is 0.658. The maximum Gasteiger partial charge on any atom is 0.260 e. The third kappa shape index (κ3) is 3.24. The van der Waals surface area contributed by atoms with Gasteiger partial charge in [0, 0.05) is 30.4 Å². The third-order valence-corrected chi connectivity index (χ3v) is 5.99. The van der Waals surface area contributed by atoms with E-state index in [9.17, 15) is 4.79 Å². The predicted molar refractivity (Wildman–Crippen MR) is 117 cm³/mol. The van der Waals surface area contributed by atoms with E-state index in [2.05, 4.69) is 47.1 Å². The number of fused-ring (bicyclic) bond motifs is 1. The van der Waals surface area contributed by atoms with Gasteiger partial charge in [-0.2, -0.15) is 0 Å². The van der Waals surface area contributed by atoms with Crippen molar-refractivity contribution in [2.45, 2.75) is 45.7 Å². The molecule has 0 bridgehead atoms. The lowest BCUT2D eigenvalue weighted by Crippen LogP contribution is -2.29. The molecule has 0 saturated carbocycles.